The van der Waals surface area contributed by atoms with Crippen LogP contribution in [0, 0.1) is 0 Å². The Bertz CT molecular complexity index is 904. The number of phenols is 1. The van der Waals surface area contributed by atoms with Crippen LogP contribution in [0.2, 0.25) is 0 Å². The maximum absolute atomic E-state index is 9.63. The van der Waals surface area contributed by atoms with E-state index in [1.54, 1.807) is 6.07 Å². The van der Waals surface area contributed by atoms with E-state index in [1.807, 2.05) is 24.3 Å². The predicted octanol–water partition coefficient (Wildman–Crippen LogP) is 2.57. The molecule has 2 radical (unpaired) electrons. The average Bonchev–Trinajstić information content (AvgIpc) is 2.86. The molecule has 0 saturated heterocycles. The third-order valence-electron chi connectivity index (χ3n) is 3.24. The van der Waals surface area contributed by atoms with Crippen molar-refractivity contribution < 1.29 is 9.52 Å². The molecule has 0 unspecified atom stereocenters. The molecule has 0 saturated carbocycles. The largest absolute Gasteiger partial charge is 0.508 e. The van der Waals surface area contributed by atoms with Crippen LogP contribution in [0.25, 0.3) is 33.0 Å². The summed E-state index contributed by atoms with van der Waals surface area (Å²) < 4.78 is 5.82. The van der Waals surface area contributed by atoms with Crippen molar-refractivity contribution in [2.24, 2.45) is 0 Å². The first-order chi connectivity index (χ1) is 8.74. The van der Waals surface area contributed by atoms with Crippen LogP contribution >= 0.6 is 0 Å². The van der Waals surface area contributed by atoms with E-state index >= 15 is 0 Å². The van der Waals surface area contributed by atoms with Crippen LogP contribution in [0.4, 0.5) is 0 Å². The Morgan fingerprint density at radius 1 is 1.06 bits per heavy atom. The number of furan rings is 1. The molecule has 0 spiro atoms. The zero-order chi connectivity index (χ0) is 12.3. The third kappa shape index (κ3) is 1.09. The van der Waals surface area contributed by atoms with Gasteiger partial charge < -0.3 is 14.5 Å². The highest BCUT2D eigenvalue weighted by Crippen LogP contribution is 2.34. The van der Waals surface area contributed by atoms with Crippen LogP contribution in [0.3, 0.4) is 0 Å². The predicted molar refractivity (Wildman–Crippen MR) is 72.6 cm³/mol. The molecule has 18 heavy (non-hydrogen) atoms. The standard InChI is InChI=1S/C14H8BNO2/c15-10-6-7(17)5-9-12(10)16-13-8-3-1-2-4-11(8)18-14(9)13/h1-6,16-17H. The van der Waals surface area contributed by atoms with Gasteiger partial charge >= 0.3 is 0 Å². The number of fused-ring (bicyclic) bond motifs is 5. The van der Waals surface area contributed by atoms with Crippen molar-refractivity contribution in [2.45, 2.75) is 0 Å². The number of hydrogen-bond acceptors (Lipinski definition) is 2. The fourth-order valence-electron chi connectivity index (χ4n) is 2.45. The van der Waals surface area contributed by atoms with Crippen molar-refractivity contribution in [1.29, 1.82) is 0 Å². The summed E-state index contributed by atoms with van der Waals surface area (Å²) in [6, 6.07) is 11.0. The molecule has 2 N–H and O–H groups in total. The minimum Gasteiger partial charge on any atom is -0.508 e. The summed E-state index contributed by atoms with van der Waals surface area (Å²) in [5, 5.41) is 11.4. The van der Waals surface area contributed by atoms with Crippen LogP contribution in [0.5, 0.6) is 5.75 Å². The average molecular weight is 233 g/mol. The third-order valence-corrected chi connectivity index (χ3v) is 3.24. The Hall–Kier alpha value is -2.36. The molecule has 0 aliphatic carbocycles. The summed E-state index contributed by atoms with van der Waals surface area (Å²) in [5.74, 6) is 0.140. The molecule has 2 aromatic carbocycles. The van der Waals surface area contributed by atoms with Crippen molar-refractivity contribution in [3.8, 4) is 5.75 Å². The summed E-state index contributed by atoms with van der Waals surface area (Å²) >= 11 is 0. The second-order valence-corrected chi connectivity index (χ2v) is 4.38. The molecule has 0 aliphatic heterocycles. The van der Waals surface area contributed by atoms with Gasteiger partial charge in [-0.05, 0) is 24.3 Å². The Labute approximate surface area is 103 Å². The molecule has 4 rings (SSSR count). The van der Waals surface area contributed by atoms with Crippen LogP contribution in [0.15, 0.2) is 40.8 Å². The van der Waals surface area contributed by atoms with Gasteiger partial charge in [-0.2, -0.15) is 0 Å². The first kappa shape index (κ1) is 9.65. The summed E-state index contributed by atoms with van der Waals surface area (Å²) in [5.41, 5.74) is 3.78. The zero-order valence-electron chi connectivity index (χ0n) is 9.40. The van der Waals surface area contributed by atoms with Gasteiger partial charge in [0.15, 0.2) is 5.58 Å². The number of benzene rings is 2. The summed E-state index contributed by atoms with van der Waals surface area (Å²) in [4.78, 5) is 3.27. The van der Waals surface area contributed by atoms with E-state index in [0.29, 0.717) is 5.46 Å². The second kappa shape index (κ2) is 3.10. The summed E-state index contributed by atoms with van der Waals surface area (Å²) in [6.45, 7) is 0. The van der Waals surface area contributed by atoms with Gasteiger partial charge in [-0.3, -0.25) is 0 Å². The van der Waals surface area contributed by atoms with Gasteiger partial charge in [0.1, 0.15) is 19.2 Å². The molecule has 4 heteroatoms. The van der Waals surface area contributed by atoms with Gasteiger partial charge in [0.05, 0.1) is 5.52 Å². The minimum atomic E-state index is 0.140. The Kier molecular flexibility index (Phi) is 1.66. The first-order valence-corrected chi connectivity index (χ1v) is 5.65. The van der Waals surface area contributed by atoms with Crippen LogP contribution in [-0.4, -0.2) is 17.9 Å². The Balaban J connectivity index is 2.31. The van der Waals surface area contributed by atoms with Crippen molar-refractivity contribution in [3.63, 3.8) is 0 Å². The number of aromatic nitrogens is 1. The molecule has 4 aromatic rings. The van der Waals surface area contributed by atoms with Gasteiger partial charge in [0.2, 0.25) is 0 Å². The maximum Gasteiger partial charge on any atom is 0.161 e. The normalized spacial score (nSPS) is 11.8. The SMILES string of the molecule is [B]c1cc(O)cc2c1[nH]c1c3ccccc3oc21. The molecular weight excluding hydrogens is 225 g/mol. The number of rotatable bonds is 0. The van der Waals surface area contributed by atoms with Crippen LogP contribution in [0.1, 0.15) is 0 Å². The fraction of sp³-hybridized carbons (Fsp3) is 0. The van der Waals surface area contributed by atoms with Crippen molar-refractivity contribution >= 4 is 46.3 Å². The van der Waals surface area contributed by atoms with E-state index in [-0.39, 0.29) is 5.75 Å². The number of aromatic amines is 1. The molecule has 2 heterocycles. The molecule has 2 aromatic heterocycles. The van der Waals surface area contributed by atoms with Gasteiger partial charge in [-0.15, -0.1) is 0 Å². The highest BCUT2D eigenvalue weighted by atomic mass is 16.3. The fourth-order valence-corrected chi connectivity index (χ4v) is 2.45. The molecule has 0 fully saturated rings. The smallest absolute Gasteiger partial charge is 0.161 e. The van der Waals surface area contributed by atoms with Crippen molar-refractivity contribution in [1.82, 2.24) is 4.98 Å². The monoisotopic (exact) mass is 233 g/mol. The number of para-hydroxylation sites is 1. The van der Waals surface area contributed by atoms with Crippen molar-refractivity contribution in [2.75, 3.05) is 0 Å². The zero-order valence-corrected chi connectivity index (χ0v) is 9.40. The number of nitrogens with one attached hydrogen (secondary N) is 1. The first-order valence-electron chi connectivity index (χ1n) is 5.65. The lowest BCUT2D eigenvalue weighted by Crippen LogP contribution is -2.02. The lowest BCUT2D eigenvalue weighted by Gasteiger charge is -1.98. The van der Waals surface area contributed by atoms with Gasteiger partial charge in [-0.1, -0.05) is 17.6 Å². The maximum atomic E-state index is 9.63. The van der Waals surface area contributed by atoms with Crippen LogP contribution < -0.4 is 5.46 Å². The molecule has 0 amide bonds. The van der Waals surface area contributed by atoms with Gasteiger partial charge in [0, 0.05) is 16.3 Å². The topological polar surface area (TPSA) is 49.2 Å². The number of hydrogen-bond donors (Lipinski definition) is 2. The van der Waals surface area contributed by atoms with Gasteiger partial charge in [-0.25, -0.2) is 0 Å². The van der Waals surface area contributed by atoms with Gasteiger partial charge in [0.25, 0.3) is 0 Å². The quantitative estimate of drug-likeness (QED) is 0.458. The molecule has 0 atom stereocenters. The number of phenolic OH excluding ortho intramolecular Hbond substituents is 1. The van der Waals surface area contributed by atoms with E-state index < -0.39 is 0 Å². The lowest BCUT2D eigenvalue weighted by molar-refractivity contribution is 0.476. The molecule has 0 bridgehead atoms. The lowest BCUT2D eigenvalue weighted by atomic mass is 9.93. The van der Waals surface area contributed by atoms with E-state index in [9.17, 15) is 5.11 Å². The van der Waals surface area contributed by atoms with Crippen molar-refractivity contribution in [3.05, 3.63) is 36.4 Å². The number of H-pyrrole nitrogens is 1. The highest BCUT2D eigenvalue weighted by molar-refractivity contribution is 6.40. The Morgan fingerprint density at radius 2 is 1.89 bits per heavy atom. The highest BCUT2D eigenvalue weighted by Gasteiger charge is 2.14. The minimum absolute atomic E-state index is 0.140. The van der Waals surface area contributed by atoms with E-state index in [0.717, 1.165) is 33.0 Å². The number of aromatic hydroxyl groups is 1. The van der Waals surface area contributed by atoms with E-state index in [2.05, 4.69) is 4.98 Å². The van der Waals surface area contributed by atoms with E-state index in [1.165, 1.54) is 6.07 Å². The molecule has 0 aliphatic rings. The molecule has 84 valence electrons. The molecule has 3 nitrogen and oxygen atoms in total. The Morgan fingerprint density at radius 3 is 2.78 bits per heavy atom. The summed E-state index contributed by atoms with van der Waals surface area (Å²) in [6.07, 6.45) is 0. The molecular formula is C14H8BNO2. The summed E-state index contributed by atoms with van der Waals surface area (Å²) in [7, 11) is 5.89. The van der Waals surface area contributed by atoms with E-state index in [4.69, 9.17) is 12.3 Å². The second-order valence-electron chi connectivity index (χ2n) is 4.38. The van der Waals surface area contributed by atoms with Crippen LogP contribution in [-0.2, 0) is 0 Å².